The minimum absolute atomic E-state index is 0.0249. The summed E-state index contributed by atoms with van der Waals surface area (Å²) in [5.41, 5.74) is 1.60. The normalized spacial score (nSPS) is 26.9. The fourth-order valence-electron chi connectivity index (χ4n) is 2.34. The van der Waals surface area contributed by atoms with Crippen LogP contribution in [0, 0.1) is 6.92 Å². The van der Waals surface area contributed by atoms with Crippen molar-refractivity contribution in [3.63, 3.8) is 0 Å². The zero-order chi connectivity index (χ0) is 14.8. The first-order valence-electron chi connectivity index (χ1n) is 6.61. The lowest BCUT2D eigenvalue weighted by Gasteiger charge is -2.29. The molecular weight excluding hydrogens is 280 g/mol. The van der Waals surface area contributed by atoms with E-state index in [1.807, 2.05) is 25.1 Å². The van der Waals surface area contributed by atoms with Crippen molar-refractivity contribution in [3.8, 4) is 0 Å². The molecule has 1 aromatic rings. The highest BCUT2D eigenvalue weighted by molar-refractivity contribution is 7.91. The SMILES string of the molecule is CCS(=O)(=O)C[C@]1(c2ccccc2C)OC[C@H](CO)O1. The maximum atomic E-state index is 12.0. The molecule has 0 unspecified atom stereocenters. The minimum Gasteiger partial charge on any atom is -0.394 e. The summed E-state index contributed by atoms with van der Waals surface area (Å²) in [6.07, 6.45) is -0.498. The van der Waals surface area contributed by atoms with Crippen molar-refractivity contribution in [1.29, 1.82) is 0 Å². The third kappa shape index (κ3) is 3.03. The summed E-state index contributed by atoms with van der Waals surface area (Å²) in [7, 11) is -3.29. The van der Waals surface area contributed by atoms with Gasteiger partial charge in [-0.15, -0.1) is 0 Å². The zero-order valence-electron chi connectivity index (χ0n) is 11.7. The van der Waals surface area contributed by atoms with E-state index in [0.717, 1.165) is 5.56 Å². The maximum Gasteiger partial charge on any atom is 0.209 e. The molecule has 0 amide bonds. The lowest BCUT2D eigenvalue weighted by molar-refractivity contribution is -0.162. The lowest BCUT2D eigenvalue weighted by Crippen LogP contribution is -2.38. The summed E-state index contributed by atoms with van der Waals surface area (Å²) < 4.78 is 35.5. The largest absolute Gasteiger partial charge is 0.394 e. The predicted octanol–water partition coefficient (Wildman–Crippen LogP) is 0.990. The van der Waals surface area contributed by atoms with Crippen LogP contribution >= 0.6 is 0 Å². The van der Waals surface area contributed by atoms with Crippen LogP contribution in [0.1, 0.15) is 18.1 Å². The standard InChI is InChI=1S/C14H20O5S/c1-3-20(16,17)10-14(18-9-12(8-15)19-14)13-7-5-4-6-11(13)2/h4-7,12,15H,3,8-10H2,1-2H3/t12-,14-/m0/s1. The third-order valence-corrected chi connectivity index (χ3v) is 5.17. The second-order valence-corrected chi connectivity index (χ2v) is 7.33. The number of benzene rings is 1. The van der Waals surface area contributed by atoms with Crippen molar-refractivity contribution < 1.29 is 23.0 Å². The topological polar surface area (TPSA) is 72.8 Å². The van der Waals surface area contributed by atoms with Crippen LogP contribution in [0.15, 0.2) is 24.3 Å². The maximum absolute atomic E-state index is 12.0. The smallest absolute Gasteiger partial charge is 0.209 e. The van der Waals surface area contributed by atoms with Crippen molar-refractivity contribution >= 4 is 9.84 Å². The Hall–Kier alpha value is -0.950. The van der Waals surface area contributed by atoms with Gasteiger partial charge in [-0.25, -0.2) is 8.42 Å². The molecule has 0 bridgehead atoms. The molecule has 5 nitrogen and oxygen atoms in total. The number of ether oxygens (including phenoxy) is 2. The van der Waals surface area contributed by atoms with E-state index in [4.69, 9.17) is 9.47 Å². The molecule has 1 fully saturated rings. The van der Waals surface area contributed by atoms with Gasteiger partial charge in [-0.2, -0.15) is 0 Å². The Kier molecular flexibility index (Phi) is 4.49. The summed E-state index contributed by atoms with van der Waals surface area (Å²) in [5, 5.41) is 9.22. The molecule has 112 valence electrons. The van der Waals surface area contributed by atoms with Gasteiger partial charge in [0.15, 0.2) is 9.84 Å². The molecule has 0 saturated carbocycles. The third-order valence-electron chi connectivity index (χ3n) is 3.47. The van der Waals surface area contributed by atoms with E-state index in [9.17, 15) is 13.5 Å². The van der Waals surface area contributed by atoms with Crippen LogP contribution in [-0.2, 0) is 25.1 Å². The van der Waals surface area contributed by atoms with E-state index in [1.165, 1.54) is 0 Å². The van der Waals surface area contributed by atoms with Crippen LogP contribution in [0.2, 0.25) is 0 Å². The highest BCUT2D eigenvalue weighted by atomic mass is 32.2. The van der Waals surface area contributed by atoms with E-state index in [0.29, 0.717) is 5.56 Å². The Morgan fingerprint density at radius 2 is 2.10 bits per heavy atom. The summed E-state index contributed by atoms with van der Waals surface area (Å²) in [4.78, 5) is 0. The van der Waals surface area contributed by atoms with Gasteiger partial charge in [-0.1, -0.05) is 31.2 Å². The first-order chi connectivity index (χ1) is 9.42. The molecule has 0 aromatic heterocycles. The molecule has 1 aliphatic rings. The lowest BCUT2D eigenvalue weighted by atomic mass is 10.0. The van der Waals surface area contributed by atoms with E-state index < -0.39 is 21.7 Å². The Morgan fingerprint density at radius 1 is 1.40 bits per heavy atom. The molecule has 0 spiro atoms. The van der Waals surface area contributed by atoms with Gasteiger partial charge in [0.25, 0.3) is 0 Å². The Bertz CT molecular complexity index is 569. The number of aliphatic hydroxyl groups excluding tert-OH is 1. The molecule has 1 aliphatic heterocycles. The molecule has 1 aromatic carbocycles. The predicted molar refractivity (Wildman–Crippen MR) is 75.1 cm³/mol. The summed E-state index contributed by atoms with van der Waals surface area (Å²) >= 11 is 0. The number of aryl methyl sites for hydroxylation is 1. The van der Waals surface area contributed by atoms with Crippen molar-refractivity contribution in [2.75, 3.05) is 24.7 Å². The molecule has 6 heteroatoms. The van der Waals surface area contributed by atoms with Gasteiger partial charge in [0, 0.05) is 11.3 Å². The first kappa shape index (κ1) is 15.4. The average molecular weight is 300 g/mol. The molecule has 1 saturated heterocycles. The Morgan fingerprint density at radius 3 is 2.65 bits per heavy atom. The van der Waals surface area contributed by atoms with Crippen LogP contribution in [0.5, 0.6) is 0 Å². The monoisotopic (exact) mass is 300 g/mol. The fraction of sp³-hybridized carbons (Fsp3) is 0.571. The fourth-order valence-corrected chi connectivity index (χ4v) is 3.43. The molecule has 20 heavy (non-hydrogen) atoms. The second-order valence-electron chi connectivity index (χ2n) is 4.98. The van der Waals surface area contributed by atoms with Crippen LogP contribution < -0.4 is 0 Å². The van der Waals surface area contributed by atoms with Crippen LogP contribution in [-0.4, -0.2) is 44.3 Å². The highest BCUT2D eigenvalue weighted by Crippen LogP contribution is 2.37. The van der Waals surface area contributed by atoms with Crippen LogP contribution in [0.4, 0.5) is 0 Å². The van der Waals surface area contributed by atoms with Crippen LogP contribution in [0.25, 0.3) is 0 Å². The second kappa shape index (κ2) is 5.81. The van der Waals surface area contributed by atoms with Crippen molar-refractivity contribution in [1.82, 2.24) is 0 Å². The molecular formula is C14H20O5S. The average Bonchev–Trinajstić information content (AvgIpc) is 2.83. The van der Waals surface area contributed by atoms with Gasteiger partial charge in [0.2, 0.25) is 5.79 Å². The van der Waals surface area contributed by atoms with Gasteiger partial charge >= 0.3 is 0 Å². The van der Waals surface area contributed by atoms with E-state index in [1.54, 1.807) is 13.0 Å². The quantitative estimate of drug-likeness (QED) is 0.878. The van der Waals surface area contributed by atoms with Gasteiger partial charge in [0.1, 0.15) is 11.9 Å². The molecule has 1 heterocycles. The van der Waals surface area contributed by atoms with E-state index in [2.05, 4.69) is 0 Å². The van der Waals surface area contributed by atoms with E-state index in [-0.39, 0.29) is 24.7 Å². The zero-order valence-corrected chi connectivity index (χ0v) is 12.5. The summed E-state index contributed by atoms with van der Waals surface area (Å²) in [6.45, 7) is 3.47. The Balaban J connectivity index is 2.43. The van der Waals surface area contributed by atoms with Gasteiger partial charge in [-0.3, -0.25) is 0 Å². The molecule has 0 aliphatic carbocycles. The van der Waals surface area contributed by atoms with Gasteiger partial charge < -0.3 is 14.6 Å². The molecule has 1 N–H and O–H groups in total. The van der Waals surface area contributed by atoms with Crippen molar-refractivity contribution in [2.45, 2.75) is 25.7 Å². The molecule has 2 atom stereocenters. The number of hydrogen-bond donors (Lipinski definition) is 1. The summed E-state index contributed by atoms with van der Waals surface area (Å²) in [6, 6.07) is 7.38. The molecule has 0 radical (unpaired) electrons. The number of aliphatic hydroxyl groups is 1. The number of hydrogen-bond acceptors (Lipinski definition) is 5. The Labute approximate surface area is 119 Å². The van der Waals surface area contributed by atoms with Crippen molar-refractivity contribution in [3.05, 3.63) is 35.4 Å². The number of sulfone groups is 1. The molecule has 2 rings (SSSR count). The first-order valence-corrected chi connectivity index (χ1v) is 8.44. The van der Waals surface area contributed by atoms with Gasteiger partial charge in [0.05, 0.1) is 13.2 Å². The summed E-state index contributed by atoms with van der Waals surface area (Å²) in [5.74, 6) is -1.53. The van der Waals surface area contributed by atoms with E-state index >= 15 is 0 Å². The minimum atomic E-state index is -3.29. The highest BCUT2D eigenvalue weighted by Gasteiger charge is 2.46. The van der Waals surface area contributed by atoms with Crippen molar-refractivity contribution in [2.24, 2.45) is 0 Å². The van der Waals surface area contributed by atoms with Gasteiger partial charge in [-0.05, 0) is 12.5 Å². The number of rotatable bonds is 5. The van der Waals surface area contributed by atoms with Crippen LogP contribution in [0.3, 0.4) is 0 Å².